The van der Waals surface area contributed by atoms with Crippen LogP contribution in [0.15, 0.2) is 48.5 Å². The molecule has 22 heavy (non-hydrogen) atoms. The Labute approximate surface area is 141 Å². The fraction of sp³-hybridized carbons (Fsp3) is 0.125. The van der Waals surface area contributed by atoms with Gasteiger partial charge in [-0.05, 0) is 64.6 Å². The molecule has 0 heterocycles. The van der Waals surface area contributed by atoms with E-state index in [1.807, 2.05) is 12.1 Å². The van der Waals surface area contributed by atoms with Gasteiger partial charge in [-0.25, -0.2) is 0 Å². The number of ether oxygens (including phenoxy) is 1. The normalized spacial score (nSPS) is 10.0. The zero-order valence-electron chi connectivity index (χ0n) is 11.6. The Morgan fingerprint density at radius 3 is 2.32 bits per heavy atom. The van der Waals surface area contributed by atoms with Crippen molar-refractivity contribution in [2.45, 2.75) is 6.42 Å². The summed E-state index contributed by atoms with van der Waals surface area (Å²) in [5, 5.41) is 11.8. The third-order valence-electron chi connectivity index (χ3n) is 2.78. The van der Waals surface area contributed by atoms with Gasteiger partial charge in [-0.15, -0.1) is 0 Å². The number of rotatable bonds is 5. The fourth-order valence-electron chi connectivity index (χ4n) is 1.71. The van der Waals surface area contributed by atoms with E-state index in [2.05, 4.69) is 27.9 Å². The minimum absolute atomic E-state index is 0.0527. The first-order chi connectivity index (χ1) is 10.5. The number of benzene rings is 2. The molecule has 6 heteroatoms. The number of anilines is 1. The Hall–Kier alpha value is -2.09. The van der Waals surface area contributed by atoms with Crippen LogP contribution in [-0.4, -0.2) is 23.6 Å². The van der Waals surface area contributed by atoms with Gasteiger partial charge >= 0.3 is 5.97 Å². The van der Waals surface area contributed by atoms with Crippen LogP contribution in [0.25, 0.3) is 0 Å². The number of nitrogens with one attached hydrogen (secondary N) is 1. The van der Waals surface area contributed by atoms with Crippen molar-refractivity contribution in [3.63, 3.8) is 0 Å². The van der Waals surface area contributed by atoms with Gasteiger partial charge in [0.25, 0.3) is 5.91 Å². The molecule has 2 aromatic rings. The Morgan fingerprint density at radius 2 is 1.68 bits per heavy atom. The maximum absolute atomic E-state index is 11.7. The number of halogens is 1. The van der Waals surface area contributed by atoms with Crippen LogP contribution in [-0.2, 0) is 20.7 Å². The molecule has 0 radical (unpaired) electrons. The largest absolute Gasteiger partial charge is 0.508 e. The van der Waals surface area contributed by atoms with Gasteiger partial charge in [-0.3, -0.25) is 9.59 Å². The quantitative estimate of drug-likeness (QED) is 0.586. The SMILES string of the molecule is O=C(COC(=O)Cc1ccc(O)cc1)Nc1ccc(I)cc1. The Balaban J connectivity index is 1.76. The number of esters is 1. The first-order valence-corrected chi connectivity index (χ1v) is 7.60. The van der Waals surface area contributed by atoms with Crippen molar-refractivity contribution in [1.29, 1.82) is 0 Å². The van der Waals surface area contributed by atoms with E-state index in [-0.39, 0.29) is 24.7 Å². The van der Waals surface area contributed by atoms with Crippen LogP contribution in [0.4, 0.5) is 5.69 Å². The summed E-state index contributed by atoms with van der Waals surface area (Å²) < 4.78 is 5.98. The van der Waals surface area contributed by atoms with E-state index >= 15 is 0 Å². The molecule has 0 fully saturated rings. The molecular formula is C16H14INO4. The van der Waals surface area contributed by atoms with E-state index < -0.39 is 5.97 Å². The molecule has 5 nitrogen and oxygen atoms in total. The number of amides is 1. The smallest absolute Gasteiger partial charge is 0.310 e. The highest BCUT2D eigenvalue weighted by atomic mass is 127. The number of carbonyl (C=O) groups excluding carboxylic acids is 2. The number of phenols is 1. The van der Waals surface area contributed by atoms with Crippen LogP contribution in [0.5, 0.6) is 5.75 Å². The first kappa shape index (κ1) is 16.3. The summed E-state index contributed by atoms with van der Waals surface area (Å²) >= 11 is 2.17. The summed E-state index contributed by atoms with van der Waals surface area (Å²) in [7, 11) is 0. The third-order valence-corrected chi connectivity index (χ3v) is 3.50. The second kappa shape index (κ2) is 7.79. The number of hydrogen-bond donors (Lipinski definition) is 2. The molecule has 0 unspecified atom stereocenters. The van der Waals surface area contributed by atoms with Crippen LogP contribution in [0.3, 0.4) is 0 Å². The lowest BCUT2D eigenvalue weighted by Crippen LogP contribution is -2.21. The summed E-state index contributed by atoms with van der Waals surface area (Å²) in [5.41, 5.74) is 1.36. The molecule has 2 aromatic carbocycles. The number of hydrogen-bond acceptors (Lipinski definition) is 4. The van der Waals surface area contributed by atoms with Crippen molar-refractivity contribution >= 4 is 40.2 Å². The van der Waals surface area contributed by atoms with Crippen molar-refractivity contribution in [3.05, 3.63) is 57.7 Å². The number of carbonyl (C=O) groups is 2. The molecular weight excluding hydrogens is 397 g/mol. The highest BCUT2D eigenvalue weighted by molar-refractivity contribution is 14.1. The number of phenolic OH excluding ortho intramolecular Hbond substituents is 1. The van der Waals surface area contributed by atoms with Gasteiger partial charge in [0.2, 0.25) is 0 Å². The van der Waals surface area contributed by atoms with Gasteiger partial charge in [0.1, 0.15) is 5.75 Å². The predicted octanol–water partition coefficient (Wildman–Crippen LogP) is 2.72. The molecule has 0 saturated heterocycles. The highest BCUT2D eigenvalue weighted by Gasteiger charge is 2.09. The molecule has 0 bridgehead atoms. The average Bonchev–Trinajstić information content (AvgIpc) is 2.50. The zero-order valence-corrected chi connectivity index (χ0v) is 13.7. The summed E-state index contributed by atoms with van der Waals surface area (Å²) in [4.78, 5) is 23.3. The monoisotopic (exact) mass is 411 g/mol. The molecule has 114 valence electrons. The molecule has 2 rings (SSSR count). The summed E-state index contributed by atoms with van der Waals surface area (Å²) in [6.07, 6.45) is 0.0527. The lowest BCUT2D eigenvalue weighted by atomic mass is 10.1. The van der Waals surface area contributed by atoms with E-state index in [4.69, 9.17) is 9.84 Å². The minimum atomic E-state index is -0.497. The van der Waals surface area contributed by atoms with Crippen molar-refractivity contribution in [2.24, 2.45) is 0 Å². The molecule has 0 aromatic heterocycles. The maximum atomic E-state index is 11.7. The fourth-order valence-corrected chi connectivity index (χ4v) is 2.07. The van der Waals surface area contributed by atoms with Crippen LogP contribution >= 0.6 is 22.6 Å². The van der Waals surface area contributed by atoms with Gasteiger partial charge in [-0.1, -0.05) is 12.1 Å². The topological polar surface area (TPSA) is 75.6 Å². The van der Waals surface area contributed by atoms with Gasteiger partial charge in [0.15, 0.2) is 6.61 Å². The van der Waals surface area contributed by atoms with Crippen molar-refractivity contribution in [1.82, 2.24) is 0 Å². The van der Waals surface area contributed by atoms with Crippen molar-refractivity contribution in [2.75, 3.05) is 11.9 Å². The molecule has 2 N–H and O–H groups in total. The third kappa shape index (κ3) is 5.36. The average molecular weight is 411 g/mol. The molecule has 0 spiro atoms. The maximum Gasteiger partial charge on any atom is 0.310 e. The van der Waals surface area contributed by atoms with Crippen LogP contribution in [0, 0.1) is 3.57 Å². The Kier molecular flexibility index (Phi) is 5.76. The molecule has 1 amide bonds. The Bertz CT molecular complexity index is 593. The second-order valence-electron chi connectivity index (χ2n) is 4.56. The molecule has 0 aliphatic heterocycles. The zero-order chi connectivity index (χ0) is 15.9. The summed E-state index contributed by atoms with van der Waals surface area (Å²) in [6, 6.07) is 13.5. The molecule has 0 saturated carbocycles. The van der Waals surface area contributed by atoms with Crippen LogP contribution in [0.2, 0.25) is 0 Å². The van der Waals surface area contributed by atoms with Gasteiger partial charge < -0.3 is 15.2 Å². The first-order valence-electron chi connectivity index (χ1n) is 6.52. The van der Waals surface area contributed by atoms with Gasteiger partial charge in [0.05, 0.1) is 6.42 Å². The van der Waals surface area contributed by atoms with Crippen molar-refractivity contribution < 1.29 is 19.4 Å². The van der Waals surface area contributed by atoms with E-state index in [1.165, 1.54) is 12.1 Å². The van der Waals surface area contributed by atoms with E-state index in [0.29, 0.717) is 11.3 Å². The minimum Gasteiger partial charge on any atom is -0.508 e. The van der Waals surface area contributed by atoms with Gasteiger partial charge in [0, 0.05) is 9.26 Å². The van der Waals surface area contributed by atoms with Crippen LogP contribution < -0.4 is 5.32 Å². The molecule has 0 aliphatic rings. The lowest BCUT2D eigenvalue weighted by Gasteiger charge is -2.07. The summed E-state index contributed by atoms with van der Waals surface area (Å²) in [5.74, 6) is -0.752. The highest BCUT2D eigenvalue weighted by Crippen LogP contribution is 2.12. The van der Waals surface area contributed by atoms with Crippen LogP contribution in [0.1, 0.15) is 5.56 Å². The van der Waals surface area contributed by atoms with Gasteiger partial charge in [-0.2, -0.15) is 0 Å². The van der Waals surface area contributed by atoms with E-state index in [9.17, 15) is 9.59 Å². The second-order valence-corrected chi connectivity index (χ2v) is 5.80. The Morgan fingerprint density at radius 1 is 1.05 bits per heavy atom. The molecule has 0 atom stereocenters. The molecule has 0 aliphatic carbocycles. The lowest BCUT2D eigenvalue weighted by molar-refractivity contribution is -0.146. The number of aromatic hydroxyl groups is 1. The van der Waals surface area contributed by atoms with Crippen molar-refractivity contribution in [3.8, 4) is 5.75 Å². The summed E-state index contributed by atoms with van der Waals surface area (Å²) in [6.45, 7) is -0.330. The van der Waals surface area contributed by atoms with E-state index in [0.717, 1.165) is 3.57 Å². The van der Waals surface area contributed by atoms with E-state index in [1.54, 1.807) is 24.3 Å². The standard InChI is InChI=1S/C16H14INO4/c17-12-3-5-13(6-4-12)18-15(20)10-22-16(21)9-11-1-7-14(19)8-2-11/h1-8,19H,9-10H2,(H,18,20). The predicted molar refractivity (Wildman–Crippen MR) is 90.6 cm³/mol.